The van der Waals surface area contributed by atoms with Crippen molar-refractivity contribution in [1.82, 2.24) is 10.3 Å². The van der Waals surface area contributed by atoms with Crippen molar-refractivity contribution in [2.45, 2.75) is 13.0 Å². The van der Waals surface area contributed by atoms with Crippen LogP contribution in [0.2, 0.25) is 0 Å². The lowest BCUT2D eigenvalue weighted by Crippen LogP contribution is -2.20. The molecule has 0 radical (unpaired) electrons. The Balaban J connectivity index is 1.33. The van der Waals surface area contributed by atoms with Crippen LogP contribution in [-0.2, 0) is 17.8 Å². The van der Waals surface area contributed by atoms with E-state index in [1.165, 1.54) is 5.56 Å². The minimum atomic E-state index is -0.129. The average Bonchev–Trinajstić information content (AvgIpc) is 3.34. The van der Waals surface area contributed by atoms with Crippen LogP contribution in [0, 0.1) is 0 Å². The van der Waals surface area contributed by atoms with E-state index >= 15 is 0 Å². The predicted molar refractivity (Wildman–Crippen MR) is 104 cm³/mol. The molecule has 1 aliphatic heterocycles. The highest BCUT2D eigenvalue weighted by Crippen LogP contribution is 2.26. The number of aromatic nitrogens is 1. The number of carbonyl (C=O) groups excluding carboxylic acids is 1. The van der Waals surface area contributed by atoms with Crippen molar-refractivity contribution in [2.75, 3.05) is 6.61 Å². The first-order valence-electron chi connectivity index (χ1n) is 8.49. The summed E-state index contributed by atoms with van der Waals surface area (Å²) in [6.45, 7) is 1.16. The number of nitrogens with zero attached hydrogens (tertiary/aromatic N) is 1. The second-order valence-electron chi connectivity index (χ2n) is 6.03. The van der Waals surface area contributed by atoms with Gasteiger partial charge in [-0.1, -0.05) is 36.4 Å². The highest BCUT2D eigenvalue weighted by atomic mass is 32.1. The molecule has 0 saturated heterocycles. The van der Waals surface area contributed by atoms with Gasteiger partial charge in [0.25, 0.3) is 0 Å². The number of ether oxygens (including phenoxy) is 1. The van der Waals surface area contributed by atoms with Gasteiger partial charge in [0.2, 0.25) is 5.91 Å². The van der Waals surface area contributed by atoms with E-state index in [2.05, 4.69) is 16.4 Å². The number of amides is 1. The van der Waals surface area contributed by atoms with Gasteiger partial charge in [-0.05, 0) is 29.3 Å². The van der Waals surface area contributed by atoms with Gasteiger partial charge in [0.1, 0.15) is 10.8 Å². The fourth-order valence-electron chi connectivity index (χ4n) is 2.82. The number of hydrogen-bond acceptors (Lipinski definition) is 4. The SMILES string of the molecule is O=C(/C=C/c1ccc2c(c1)CCO2)NCc1csc(-c2ccccc2)n1. The lowest BCUT2D eigenvalue weighted by atomic mass is 10.1. The molecule has 4 nitrogen and oxygen atoms in total. The van der Waals surface area contributed by atoms with Gasteiger partial charge in [0.15, 0.2) is 0 Å². The number of rotatable bonds is 5. The van der Waals surface area contributed by atoms with Gasteiger partial charge in [-0.2, -0.15) is 0 Å². The second kappa shape index (κ2) is 7.54. The molecule has 0 fully saturated rings. The van der Waals surface area contributed by atoms with Crippen LogP contribution in [-0.4, -0.2) is 17.5 Å². The maximum absolute atomic E-state index is 12.1. The maximum atomic E-state index is 12.1. The van der Waals surface area contributed by atoms with Crippen LogP contribution in [0.15, 0.2) is 60.0 Å². The standard InChI is InChI=1S/C21H18N2O2S/c24-20(9-7-15-6-8-19-17(12-15)10-11-25-19)22-13-18-14-26-21(23-18)16-4-2-1-3-5-16/h1-9,12,14H,10-11,13H2,(H,22,24)/b9-7+. The lowest BCUT2D eigenvalue weighted by Gasteiger charge is -2.01. The molecule has 2 heterocycles. The third-order valence-corrected chi connectivity index (χ3v) is 5.10. The zero-order valence-electron chi connectivity index (χ0n) is 14.1. The number of thiazole rings is 1. The first-order valence-corrected chi connectivity index (χ1v) is 9.37. The summed E-state index contributed by atoms with van der Waals surface area (Å²) in [6, 6.07) is 16.0. The van der Waals surface area contributed by atoms with E-state index in [1.807, 2.05) is 53.9 Å². The smallest absolute Gasteiger partial charge is 0.244 e. The summed E-state index contributed by atoms with van der Waals surface area (Å²) in [6.07, 6.45) is 4.31. The Labute approximate surface area is 156 Å². The molecule has 3 aromatic rings. The number of nitrogens with one attached hydrogen (secondary N) is 1. The highest BCUT2D eigenvalue weighted by molar-refractivity contribution is 7.13. The molecule has 5 heteroatoms. The van der Waals surface area contributed by atoms with E-state index in [-0.39, 0.29) is 5.91 Å². The largest absolute Gasteiger partial charge is 0.493 e. The van der Waals surface area contributed by atoms with Crippen molar-refractivity contribution in [3.63, 3.8) is 0 Å². The van der Waals surface area contributed by atoms with Gasteiger partial charge in [0, 0.05) is 23.4 Å². The normalized spacial score (nSPS) is 12.8. The van der Waals surface area contributed by atoms with Crippen LogP contribution < -0.4 is 10.1 Å². The van der Waals surface area contributed by atoms with E-state index in [4.69, 9.17) is 4.74 Å². The first-order chi connectivity index (χ1) is 12.8. The summed E-state index contributed by atoms with van der Waals surface area (Å²) in [5.74, 6) is 0.820. The molecule has 130 valence electrons. The maximum Gasteiger partial charge on any atom is 0.244 e. The van der Waals surface area contributed by atoms with Crippen LogP contribution in [0.3, 0.4) is 0 Å². The fraction of sp³-hybridized carbons (Fsp3) is 0.143. The van der Waals surface area contributed by atoms with E-state index in [1.54, 1.807) is 17.4 Å². The number of carbonyl (C=O) groups is 1. The topological polar surface area (TPSA) is 51.2 Å². The summed E-state index contributed by atoms with van der Waals surface area (Å²) in [5.41, 5.74) is 4.16. The van der Waals surface area contributed by atoms with Gasteiger partial charge < -0.3 is 10.1 Å². The minimum Gasteiger partial charge on any atom is -0.493 e. The van der Waals surface area contributed by atoms with E-state index in [0.717, 1.165) is 40.6 Å². The van der Waals surface area contributed by atoms with Crippen molar-refractivity contribution < 1.29 is 9.53 Å². The van der Waals surface area contributed by atoms with Crippen molar-refractivity contribution in [1.29, 1.82) is 0 Å². The minimum absolute atomic E-state index is 0.129. The van der Waals surface area contributed by atoms with Gasteiger partial charge in [0.05, 0.1) is 18.8 Å². The van der Waals surface area contributed by atoms with Crippen molar-refractivity contribution in [3.05, 3.63) is 76.8 Å². The van der Waals surface area contributed by atoms with Gasteiger partial charge in [-0.15, -0.1) is 11.3 Å². The zero-order valence-corrected chi connectivity index (χ0v) is 15.0. The molecule has 1 amide bonds. The number of benzene rings is 2. The third-order valence-electron chi connectivity index (χ3n) is 4.16. The molecule has 26 heavy (non-hydrogen) atoms. The first kappa shape index (κ1) is 16.5. The van der Waals surface area contributed by atoms with Crippen LogP contribution >= 0.6 is 11.3 Å². The summed E-state index contributed by atoms with van der Waals surface area (Å²) in [7, 11) is 0. The fourth-order valence-corrected chi connectivity index (χ4v) is 3.65. The van der Waals surface area contributed by atoms with Crippen LogP contribution in [0.5, 0.6) is 5.75 Å². The Bertz CT molecular complexity index is 948. The molecule has 1 aliphatic rings. The third kappa shape index (κ3) is 3.83. The molecule has 0 unspecified atom stereocenters. The summed E-state index contributed by atoms with van der Waals surface area (Å²) >= 11 is 1.58. The molecule has 4 rings (SSSR count). The molecule has 0 saturated carbocycles. The van der Waals surface area contributed by atoms with Crippen molar-refractivity contribution >= 4 is 23.3 Å². The van der Waals surface area contributed by atoms with Crippen LogP contribution in [0.1, 0.15) is 16.8 Å². The van der Waals surface area contributed by atoms with Crippen LogP contribution in [0.25, 0.3) is 16.6 Å². The second-order valence-corrected chi connectivity index (χ2v) is 6.88. The Morgan fingerprint density at radius 3 is 3.00 bits per heavy atom. The monoisotopic (exact) mass is 362 g/mol. The average molecular weight is 362 g/mol. The van der Waals surface area contributed by atoms with Gasteiger partial charge in [-0.25, -0.2) is 4.98 Å². The van der Waals surface area contributed by atoms with Gasteiger partial charge >= 0.3 is 0 Å². The molecule has 0 spiro atoms. The highest BCUT2D eigenvalue weighted by Gasteiger charge is 2.11. The summed E-state index contributed by atoms with van der Waals surface area (Å²) in [4.78, 5) is 16.6. The Morgan fingerprint density at radius 2 is 2.12 bits per heavy atom. The van der Waals surface area contributed by atoms with Crippen molar-refractivity contribution in [3.8, 4) is 16.3 Å². The number of hydrogen-bond donors (Lipinski definition) is 1. The molecular formula is C21H18N2O2S. The molecule has 1 N–H and O–H groups in total. The quantitative estimate of drug-likeness (QED) is 0.696. The molecular weight excluding hydrogens is 344 g/mol. The molecule has 2 aromatic carbocycles. The Hall–Kier alpha value is -2.92. The predicted octanol–water partition coefficient (Wildman–Crippen LogP) is 4.07. The molecule has 0 aliphatic carbocycles. The van der Waals surface area contributed by atoms with Crippen LogP contribution in [0.4, 0.5) is 0 Å². The lowest BCUT2D eigenvalue weighted by molar-refractivity contribution is -0.116. The number of fused-ring (bicyclic) bond motifs is 1. The summed E-state index contributed by atoms with van der Waals surface area (Å²) < 4.78 is 5.49. The van der Waals surface area contributed by atoms with E-state index in [0.29, 0.717) is 6.54 Å². The summed E-state index contributed by atoms with van der Waals surface area (Å²) in [5, 5.41) is 5.82. The van der Waals surface area contributed by atoms with Crippen molar-refractivity contribution in [2.24, 2.45) is 0 Å². The molecule has 1 aromatic heterocycles. The molecule has 0 atom stereocenters. The molecule has 0 bridgehead atoms. The van der Waals surface area contributed by atoms with Gasteiger partial charge in [-0.3, -0.25) is 4.79 Å². The van der Waals surface area contributed by atoms with E-state index in [9.17, 15) is 4.79 Å². The zero-order chi connectivity index (χ0) is 17.8. The Kier molecular flexibility index (Phi) is 4.80. The van der Waals surface area contributed by atoms with E-state index < -0.39 is 0 Å². The Morgan fingerprint density at radius 1 is 1.23 bits per heavy atom.